The first-order valence-electron chi connectivity index (χ1n) is 5.85. The van der Waals surface area contributed by atoms with E-state index in [9.17, 15) is 9.59 Å². The monoisotopic (exact) mass is 243 g/mol. The number of likely N-dealkylation sites (N-methyl/N-ethyl adjacent to an activating group) is 1. The van der Waals surface area contributed by atoms with Crippen LogP contribution in [0.2, 0.25) is 0 Å². The van der Waals surface area contributed by atoms with Crippen molar-refractivity contribution in [3.63, 3.8) is 0 Å². The molecule has 1 saturated heterocycles. The van der Waals surface area contributed by atoms with Gasteiger partial charge in [0.25, 0.3) is 0 Å². The summed E-state index contributed by atoms with van der Waals surface area (Å²) in [6, 6.07) is 0. The Morgan fingerprint density at radius 2 is 2.00 bits per heavy atom. The third-order valence-corrected chi connectivity index (χ3v) is 2.27. The fourth-order valence-electron chi connectivity index (χ4n) is 1.30. The third-order valence-electron chi connectivity index (χ3n) is 2.27. The van der Waals surface area contributed by atoms with Crippen molar-refractivity contribution in [1.29, 1.82) is 0 Å². The molecule has 1 unspecified atom stereocenters. The number of amides is 1. The number of hydrogen-bond acceptors (Lipinski definition) is 4. The van der Waals surface area contributed by atoms with Crippen LogP contribution in [0.5, 0.6) is 0 Å². The van der Waals surface area contributed by atoms with E-state index < -0.39 is 11.7 Å². The predicted octanol–water partition coefficient (Wildman–Crippen LogP) is 1.60. The van der Waals surface area contributed by atoms with E-state index in [0.29, 0.717) is 6.42 Å². The molecule has 0 aromatic carbocycles. The highest BCUT2D eigenvalue weighted by molar-refractivity contribution is 5.83. The van der Waals surface area contributed by atoms with E-state index >= 15 is 0 Å². The maximum absolute atomic E-state index is 11.6. The second kappa shape index (κ2) is 5.49. The number of Topliss-reactive ketones (excluding diaryl/α,β-unsaturated/α-hetero) is 1. The molecule has 0 aromatic rings. The molecule has 0 saturated carbocycles. The van der Waals surface area contributed by atoms with Crippen LogP contribution in [0.1, 0.15) is 33.6 Å². The van der Waals surface area contributed by atoms with E-state index in [-0.39, 0.29) is 18.4 Å². The van der Waals surface area contributed by atoms with Gasteiger partial charge in [-0.05, 0) is 27.2 Å². The summed E-state index contributed by atoms with van der Waals surface area (Å²) in [5.41, 5.74) is -0.532. The van der Waals surface area contributed by atoms with Gasteiger partial charge >= 0.3 is 6.09 Å². The molecule has 98 valence electrons. The van der Waals surface area contributed by atoms with Crippen LogP contribution in [0, 0.1) is 0 Å². The van der Waals surface area contributed by atoms with E-state index in [4.69, 9.17) is 9.47 Å². The summed E-state index contributed by atoms with van der Waals surface area (Å²) < 4.78 is 10.2. The Bertz CT molecular complexity index is 291. The fraction of sp³-hybridized carbons (Fsp3) is 0.833. The van der Waals surface area contributed by atoms with Crippen molar-refractivity contribution in [2.75, 3.05) is 20.2 Å². The van der Waals surface area contributed by atoms with Crippen LogP contribution in [0.3, 0.4) is 0 Å². The molecular weight excluding hydrogens is 222 g/mol. The fourth-order valence-corrected chi connectivity index (χ4v) is 1.30. The van der Waals surface area contributed by atoms with E-state index in [2.05, 4.69) is 0 Å². The van der Waals surface area contributed by atoms with Crippen molar-refractivity contribution < 1.29 is 19.1 Å². The minimum atomic E-state index is -0.532. The minimum absolute atomic E-state index is 0.0360. The van der Waals surface area contributed by atoms with E-state index in [1.165, 1.54) is 4.90 Å². The van der Waals surface area contributed by atoms with E-state index in [0.717, 1.165) is 13.0 Å². The van der Waals surface area contributed by atoms with Crippen molar-refractivity contribution >= 4 is 11.9 Å². The first-order valence-corrected chi connectivity index (χ1v) is 5.85. The van der Waals surface area contributed by atoms with Gasteiger partial charge < -0.3 is 14.4 Å². The summed E-state index contributed by atoms with van der Waals surface area (Å²) in [6.45, 7) is 6.25. The SMILES string of the molecule is CN(CC(=O)CCC1CO1)C(=O)OC(C)(C)C. The second-order valence-corrected chi connectivity index (χ2v) is 5.37. The lowest BCUT2D eigenvalue weighted by atomic mass is 10.2. The molecule has 17 heavy (non-hydrogen) atoms. The standard InChI is InChI=1S/C12H21NO4/c1-12(2,3)17-11(15)13(4)7-9(14)5-6-10-8-16-10/h10H,5-8H2,1-4H3. The number of ketones is 1. The Kier molecular flexibility index (Phi) is 4.51. The molecular formula is C12H21NO4. The zero-order chi connectivity index (χ0) is 13.1. The predicted molar refractivity (Wildman–Crippen MR) is 62.8 cm³/mol. The van der Waals surface area contributed by atoms with Crippen LogP contribution in [-0.2, 0) is 14.3 Å². The third kappa shape index (κ3) is 6.26. The Labute approximate surface area is 102 Å². The van der Waals surface area contributed by atoms with Crippen LogP contribution in [-0.4, -0.2) is 48.7 Å². The molecule has 1 aliphatic heterocycles. The maximum atomic E-state index is 11.6. The highest BCUT2D eigenvalue weighted by Gasteiger charge is 2.24. The lowest BCUT2D eigenvalue weighted by molar-refractivity contribution is -0.120. The smallest absolute Gasteiger partial charge is 0.410 e. The van der Waals surface area contributed by atoms with Crippen LogP contribution in [0.25, 0.3) is 0 Å². The summed E-state index contributed by atoms with van der Waals surface area (Å²) in [4.78, 5) is 24.4. The number of hydrogen-bond donors (Lipinski definition) is 0. The molecule has 1 rings (SSSR count). The molecule has 1 heterocycles. The molecule has 5 heteroatoms. The van der Waals surface area contributed by atoms with Crippen LogP contribution in [0.4, 0.5) is 4.79 Å². The first kappa shape index (κ1) is 14.0. The summed E-state index contributed by atoms with van der Waals surface area (Å²) in [5.74, 6) is 0.0360. The topological polar surface area (TPSA) is 59.1 Å². The Morgan fingerprint density at radius 3 is 2.47 bits per heavy atom. The number of rotatable bonds is 5. The lowest BCUT2D eigenvalue weighted by Crippen LogP contribution is -2.37. The molecule has 0 aliphatic carbocycles. The lowest BCUT2D eigenvalue weighted by Gasteiger charge is -2.24. The van der Waals surface area contributed by atoms with Gasteiger partial charge in [0.05, 0.1) is 19.3 Å². The highest BCUT2D eigenvalue weighted by Crippen LogP contribution is 2.15. The van der Waals surface area contributed by atoms with Gasteiger partial charge in [0, 0.05) is 13.5 Å². The first-order chi connectivity index (χ1) is 7.78. The van der Waals surface area contributed by atoms with Gasteiger partial charge in [0.2, 0.25) is 0 Å². The van der Waals surface area contributed by atoms with Gasteiger partial charge in [-0.3, -0.25) is 4.79 Å². The van der Waals surface area contributed by atoms with Crippen LogP contribution in [0.15, 0.2) is 0 Å². The van der Waals surface area contributed by atoms with Crippen LogP contribution >= 0.6 is 0 Å². The van der Waals surface area contributed by atoms with Crippen molar-refractivity contribution in [1.82, 2.24) is 4.90 Å². The Hall–Kier alpha value is -1.10. The number of nitrogens with zero attached hydrogens (tertiary/aromatic N) is 1. The summed E-state index contributed by atoms with van der Waals surface area (Å²) in [5, 5.41) is 0. The minimum Gasteiger partial charge on any atom is -0.444 e. The van der Waals surface area contributed by atoms with E-state index in [1.807, 2.05) is 0 Å². The molecule has 1 amide bonds. The van der Waals surface area contributed by atoms with Gasteiger partial charge in [-0.2, -0.15) is 0 Å². The normalized spacial score (nSPS) is 18.7. The van der Waals surface area contributed by atoms with Gasteiger partial charge in [-0.25, -0.2) is 4.79 Å². The highest BCUT2D eigenvalue weighted by atomic mass is 16.6. The molecule has 1 atom stereocenters. The number of carbonyl (C=O) groups excluding carboxylic acids is 2. The summed E-state index contributed by atoms with van der Waals surface area (Å²) in [7, 11) is 1.57. The second-order valence-electron chi connectivity index (χ2n) is 5.37. The molecule has 0 spiro atoms. The largest absolute Gasteiger partial charge is 0.444 e. The summed E-state index contributed by atoms with van der Waals surface area (Å²) >= 11 is 0. The number of carbonyl (C=O) groups is 2. The number of epoxide rings is 1. The molecule has 1 fully saturated rings. The molecule has 0 N–H and O–H groups in total. The molecule has 5 nitrogen and oxygen atoms in total. The molecule has 0 bridgehead atoms. The average Bonchev–Trinajstić information content (AvgIpc) is 2.95. The average molecular weight is 243 g/mol. The van der Waals surface area contributed by atoms with E-state index in [1.54, 1.807) is 27.8 Å². The van der Waals surface area contributed by atoms with Gasteiger partial charge in [0.1, 0.15) is 5.60 Å². The quantitative estimate of drug-likeness (QED) is 0.688. The summed E-state index contributed by atoms with van der Waals surface area (Å²) in [6.07, 6.45) is 0.998. The number of ether oxygens (including phenoxy) is 2. The molecule has 1 aliphatic rings. The van der Waals surface area contributed by atoms with Gasteiger partial charge in [-0.1, -0.05) is 0 Å². The molecule has 0 aromatic heterocycles. The van der Waals surface area contributed by atoms with Gasteiger partial charge in [0.15, 0.2) is 5.78 Å². The van der Waals surface area contributed by atoms with Crippen LogP contribution < -0.4 is 0 Å². The van der Waals surface area contributed by atoms with Crippen molar-refractivity contribution in [3.05, 3.63) is 0 Å². The zero-order valence-electron chi connectivity index (χ0n) is 11.0. The Morgan fingerprint density at radius 1 is 1.41 bits per heavy atom. The van der Waals surface area contributed by atoms with Crippen molar-refractivity contribution in [3.8, 4) is 0 Å². The van der Waals surface area contributed by atoms with Crippen molar-refractivity contribution in [2.45, 2.75) is 45.3 Å². The van der Waals surface area contributed by atoms with Crippen molar-refractivity contribution in [2.24, 2.45) is 0 Å². The maximum Gasteiger partial charge on any atom is 0.410 e. The Balaban J connectivity index is 2.23. The zero-order valence-corrected chi connectivity index (χ0v) is 11.0. The molecule has 0 radical (unpaired) electrons. The van der Waals surface area contributed by atoms with Gasteiger partial charge in [-0.15, -0.1) is 0 Å².